The predicted octanol–water partition coefficient (Wildman–Crippen LogP) is 4.07. The van der Waals surface area contributed by atoms with E-state index in [1.807, 2.05) is 6.07 Å². The van der Waals surface area contributed by atoms with Gasteiger partial charge in [0.2, 0.25) is 0 Å². The van der Waals surface area contributed by atoms with Gasteiger partial charge in [-0.15, -0.1) is 0 Å². The normalized spacial score (nSPS) is 13.2. The van der Waals surface area contributed by atoms with Gasteiger partial charge in [-0.3, -0.25) is 0 Å². The van der Waals surface area contributed by atoms with Crippen LogP contribution in [0.5, 0.6) is 0 Å². The molecule has 1 unspecified atom stereocenters. The molecular formula is C12H15FN2S2. The molecule has 2 aromatic rings. The summed E-state index contributed by atoms with van der Waals surface area (Å²) >= 11 is 7.08. The Bertz CT molecular complexity index is 600. The van der Waals surface area contributed by atoms with Crippen LogP contribution in [0.15, 0.2) is 12.1 Å². The SMILES string of the molecule is CSCC(C)n1c(=S)[nH]c2cc(F)c(C)cc21. The predicted molar refractivity (Wildman–Crippen MR) is 74.9 cm³/mol. The number of hydrogen-bond donors (Lipinski definition) is 1. The second-order valence-corrected chi connectivity index (χ2v) is 5.52. The molecule has 17 heavy (non-hydrogen) atoms. The summed E-state index contributed by atoms with van der Waals surface area (Å²) in [7, 11) is 0. The largest absolute Gasteiger partial charge is 0.330 e. The number of fused-ring (bicyclic) bond motifs is 1. The minimum atomic E-state index is -0.196. The van der Waals surface area contributed by atoms with Crippen LogP contribution in [0.25, 0.3) is 11.0 Å². The van der Waals surface area contributed by atoms with Crippen molar-refractivity contribution in [2.45, 2.75) is 19.9 Å². The second-order valence-electron chi connectivity index (χ2n) is 4.22. The molecule has 1 atom stereocenters. The Morgan fingerprint density at radius 1 is 1.53 bits per heavy atom. The average molecular weight is 270 g/mol. The lowest BCUT2D eigenvalue weighted by Crippen LogP contribution is -2.07. The molecule has 0 radical (unpaired) electrons. The summed E-state index contributed by atoms with van der Waals surface area (Å²) in [5.74, 6) is 0.788. The van der Waals surface area contributed by atoms with Gasteiger partial charge < -0.3 is 9.55 Å². The number of rotatable bonds is 3. The summed E-state index contributed by atoms with van der Waals surface area (Å²) in [6.45, 7) is 3.90. The first kappa shape index (κ1) is 12.6. The fraction of sp³-hybridized carbons (Fsp3) is 0.417. The Kier molecular flexibility index (Phi) is 3.58. The van der Waals surface area contributed by atoms with E-state index >= 15 is 0 Å². The Labute approximate surface area is 109 Å². The minimum absolute atomic E-state index is 0.196. The van der Waals surface area contributed by atoms with Gasteiger partial charge in [0.15, 0.2) is 4.77 Å². The van der Waals surface area contributed by atoms with Crippen molar-refractivity contribution in [3.63, 3.8) is 0 Å². The Morgan fingerprint density at radius 3 is 2.88 bits per heavy atom. The maximum atomic E-state index is 13.5. The van der Waals surface area contributed by atoms with Crippen LogP contribution in [-0.4, -0.2) is 21.6 Å². The highest BCUT2D eigenvalue weighted by atomic mass is 32.2. The number of aromatic nitrogens is 2. The number of halogens is 1. The van der Waals surface area contributed by atoms with Crippen LogP contribution in [0, 0.1) is 17.5 Å². The molecule has 0 fully saturated rings. The molecule has 0 aliphatic heterocycles. The molecule has 2 nitrogen and oxygen atoms in total. The molecule has 0 saturated heterocycles. The molecule has 0 aliphatic rings. The van der Waals surface area contributed by atoms with Gasteiger partial charge in [0.25, 0.3) is 0 Å². The molecule has 92 valence electrons. The lowest BCUT2D eigenvalue weighted by atomic mass is 10.2. The minimum Gasteiger partial charge on any atom is -0.330 e. The van der Waals surface area contributed by atoms with Crippen molar-refractivity contribution in [3.05, 3.63) is 28.3 Å². The van der Waals surface area contributed by atoms with Crippen molar-refractivity contribution in [3.8, 4) is 0 Å². The molecule has 0 aliphatic carbocycles. The van der Waals surface area contributed by atoms with E-state index in [4.69, 9.17) is 12.2 Å². The highest BCUT2D eigenvalue weighted by molar-refractivity contribution is 7.98. The fourth-order valence-corrected chi connectivity index (χ4v) is 3.02. The monoisotopic (exact) mass is 270 g/mol. The number of hydrogen-bond acceptors (Lipinski definition) is 2. The lowest BCUT2D eigenvalue weighted by molar-refractivity contribution is 0.613. The van der Waals surface area contributed by atoms with Crippen LogP contribution in [0.4, 0.5) is 4.39 Å². The van der Waals surface area contributed by atoms with Crippen LogP contribution in [-0.2, 0) is 0 Å². The number of nitrogens with one attached hydrogen (secondary N) is 1. The van der Waals surface area contributed by atoms with Gasteiger partial charge in [-0.2, -0.15) is 11.8 Å². The first-order chi connectivity index (χ1) is 8.04. The third-order valence-electron chi connectivity index (χ3n) is 2.85. The van der Waals surface area contributed by atoms with Gasteiger partial charge in [0, 0.05) is 11.8 Å². The van der Waals surface area contributed by atoms with Crippen LogP contribution in [0.1, 0.15) is 18.5 Å². The van der Waals surface area contributed by atoms with Gasteiger partial charge in [-0.1, -0.05) is 0 Å². The summed E-state index contributed by atoms with van der Waals surface area (Å²) in [4.78, 5) is 3.06. The molecule has 1 aromatic heterocycles. The number of aromatic amines is 1. The van der Waals surface area contributed by atoms with Crippen molar-refractivity contribution in [1.82, 2.24) is 9.55 Å². The molecule has 5 heteroatoms. The molecule has 0 saturated carbocycles. The fourth-order valence-electron chi connectivity index (χ4n) is 2.00. The smallest absolute Gasteiger partial charge is 0.178 e. The summed E-state index contributed by atoms with van der Waals surface area (Å²) in [5.41, 5.74) is 2.40. The third-order valence-corrected chi connectivity index (χ3v) is 3.96. The van der Waals surface area contributed by atoms with E-state index in [2.05, 4.69) is 22.7 Å². The van der Waals surface area contributed by atoms with E-state index in [1.54, 1.807) is 18.7 Å². The zero-order valence-corrected chi connectivity index (χ0v) is 11.7. The maximum Gasteiger partial charge on any atom is 0.178 e. The molecule has 0 bridgehead atoms. The third kappa shape index (κ3) is 2.26. The van der Waals surface area contributed by atoms with E-state index in [1.165, 1.54) is 6.07 Å². The van der Waals surface area contributed by atoms with Gasteiger partial charge in [0.05, 0.1) is 11.0 Å². The number of nitrogens with zero attached hydrogens (tertiary/aromatic N) is 1. The molecule has 0 amide bonds. The van der Waals surface area contributed by atoms with Crippen molar-refractivity contribution in [1.29, 1.82) is 0 Å². The Balaban J connectivity index is 2.66. The number of imidazole rings is 1. The van der Waals surface area contributed by atoms with E-state index in [9.17, 15) is 4.39 Å². The number of benzene rings is 1. The van der Waals surface area contributed by atoms with Gasteiger partial charge >= 0.3 is 0 Å². The Morgan fingerprint density at radius 2 is 2.24 bits per heavy atom. The van der Waals surface area contributed by atoms with Crippen LogP contribution in [0.3, 0.4) is 0 Å². The first-order valence-corrected chi connectivity index (χ1v) is 7.24. The lowest BCUT2D eigenvalue weighted by Gasteiger charge is -2.13. The maximum absolute atomic E-state index is 13.5. The standard InChI is InChI=1S/C12H15FN2S2/c1-7-4-11-10(5-9(7)13)14-12(16)15(11)8(2)6-17-3/h4-5,8H,6H2,1-3H3,(H,14,16). The molecule has 2 rings (SSSR count). The van der Waals surface area contributed by atoms with Crippen molar-refractivity contribution >= 4 is 35.0 Å². The number of thioether (sulfide) groups is 1. The van der Waals surface area contributed by atoms with Crippen LogP contribution in [0.2, 0.25) is 0 Å². The van der Waals surface area contributed by atoms with E-state index in [0.29, 0.717) is 16.4 Å². The summed E-state index contributed by atoms with van der Waals surface area (Å²) in [6, 6.07) is 3.67. The average Bonchev–Trinajstić information content (AvgIpc) is 2.55. The van der Waals surface area contributed by atoms with Crippen molar-refractivity contribution in [2.75, 3.05) is 12.0 Å². The molecular weight excluding hydrogens is 255 g/mol. The van der Waals surface area contributed by atoms with Crippen molar-refractivity contribution < 1.29 is 4.39 Å². The van der Waals surface area contributed by atoms with Crippen LogP contribution >= 0.6 is 24.0 Å². The summed E-state index contributed by atoms with van der Waals surface area (Å²) in [6.07, 6.45) is 2.07. The van der Waals surface area contributed by atoms with Gasteiger partial charge in [0.1, 0.15) is 5.82 Å². The first-order valence-electron chi connectivity index (χ1n) is 5.44. The van der Waals surface area contributed by atoms with Crippen molar-refractivity contribution in [2.24, 2.45) is 0 Å². The molecule has 1 heterocycles. The highest BCUT2D eigenvalue weighted by Crippen LogP contribution is 2.23. The van der Waals surface area contributed by atoms with Gasteiger partial charge in [-0.05, 0) is 50.0 Å². The molecule has 1 aromatic carbocycles. The number of H-pyrrole nitrogens is 1. The molecule has 1 N–H and O–H groups in total. The van der Waals surface area contributed by atoms with E-state index in [-0.39, 0.29) is 5.82 Å². The summed E-state index contributed by atoms with van der Waals surface area (Å²) in [5, 5.41) is 0. The zero-order chi connectivity index (χ0) is 12.6. The number of aryl methyl sites for hydroxylation is 1. The quantitative estimate of drug-likeness (QED) is 0.849. The van der Waals surface area contributed by atoms with Crippen LogP contribution < -0.4 is 0 Å². The molecule has 0 spiro atoms. The zero-order valence-electron chi connectivity index (χ0n) is 10.1. The summed E-state index contributed by atoms with van der Waals surface area (Å²) < 4.78 is 16.2. The highest BCUT2D eigenvalue weighted by Gasteiger charge is 2.12. The van der Waals surface area contributed by atoms with E-state index in [0.717, 1.165) is 16.8 Å². The topological polar surface area (TPSA) is 20.7 Å². The Hall–Kier alpha value is -0.810. The second kappa shape index (κ2) is 4.82. The van der Waals surface area contributed by atoms with E-state index < -0.39 is 0 Å². The van der Waals surface area contributed by atoms with Gasteiger partial charge in [-0.25, -0.2) is 4.39 Å².